The minimum Gasteiger partial charge on any atom is -0.385 e. The maximum absolute atomic E-state index is 12.0. The molecule has 3 rings (SSSR count). The fourth-order valence-electron chi connectivity index (χ4n) is 2.41. The van der Waals surface area contributed by atoms with E-state index in [9.17, 15) is 4.79 Å². The number of para-hydroxylation sites is 1. The quantitative estimate of drug-likeness (QED) is 0.760. The van der Waals surface area contributed by atoms with Crippen LogP contribution in [-0.2, 0) is 6.42 Å². The van der Waals surface area contributed by atoms with Gasteiger partial charge in [0.1, 0.15) is 5.82 Å². The standard InChI is InChI=1S/C17H18N4O/c1-13-6-5-9-15(12-13)21-16(19-20-17(21)22)10-11-18-14-7-3-2-4-8-14/h2-9,12,18H,10-11H2,1H3,(H,20,22). The van der Waals surface area contributed by atoms with Gasteiger partial charge >= 0.3 is 5.69 Å². The van der Waals surface area contributed by atoms with Gasteiger partial charge in [0.2, 0.25) is 0 Å². The summed E-state index contributed by atoms with van der Waals surface area (Å²) in [6.07, 6.45) is 0.654. The van der Waals surface area contributed by atoms with Crippen LogP contribution in [0.3, 0.4) is 0 Å². The van der Waals surface area contributed by atoms with Crippen molar-refractivity contribution in [2.45, 2.75) is 13.3 Å². The third-order valence-corrected chi connectivity index (χ3v) is 3.45. The molecular formula is C17H18N4O. The number of H-pyrrole nitrogens is 1. The fraction of sp³-hybridized carbons (Fsp3) is 0.176. The van der Waals surface area contributed by atoms with E-state index in [4.69, 9.17) is 0 Å². The lowest BCUT2D eigenvalue weighted by Gasteiger charge is -2.08. The normalized spacial score (nSPS) is 10.6. The molecule has 1 aromatic heterocycles. The molecule has 5 heteroatoms. The van der Waals surface area contributed by atoms with E-state index in [1.54, 1.807) is 4.57 Å². The molecule has 0 saturated carbocycles. The van der Waals surface area contributed by atoms with Gasteiger partial charge in [-0.1, -0.05) is 30.3 Å². The molecule has 0 atom stereocenters. The molecular weight excluding hydrogens is 276 g/mol. The van der Waals surface area contributed by atoms with E-state index >= 15 is 0 Å². The van der Waals surface area contributed by atoms with Gasteiger partial charge in [-0.15, -0.1) is 0 Å². The fourth-order valence-corrected chi connectivity index (χ4v) is 2.41. The highest BCUT2D eigenvalue weighted by molar-refractivity contribution is 5.42. The van der Waals surface area contributed by atoms with E-state index in [1.807, 2.05) is 61.5 Å². The van der Waals surface area contributed by atoms with Gasteiger partial charge in [0.25, 0.3) is 0 Å². The molecule has 0 spiro atoms. The zero-order valence-electron chi connectivity index (χ0n) is 12.4. The molecule has 0 aliphatic carbocycles. The van der Waals surface area contributed by atoms with Crippen LogP contribution in [0, 0.1) is 6.92 Å². The zero-order chi connectivity index (χ0) is 15.4. The summed E-state index contributed by atoms with van der Waals surface area (Å²) in [5.74, 6) is 0.721. The van der Waals surface area contributed by atoms with Crippen LogP contribution in [-0.4, -0.2) is 21.3 Å². The van der Waals surface area contributed by atoms with E-state index in [0.717, 1.165) is 22.8 Å². The maximum Gasteiger partial charge on any atom is 0.347 e. The van der Waals surface area contributed by atoms with Crippen molar-refractivity contribution in [1.29, 1.82) is 0 Å². The van der Waals surface area contributed by atoms with Crippen LogP contribution >= 0.6 is 0 Å². The second-order valence-electron chi connectivity index (χ2n) is 5.16. The van der Waals surface area contributed by atoms with Gasteiger partial charge in [-0.3, -0.25) is 0 Å². The van der Waals surface area contributed by atoms with Crippen molar-refractivity contribution < 1.29 is 0 Å². The van der Waals surface area contributed by atoms with Crippen molar-refractivity contribution in [2.75, 3.05) is 11.9 Å². The largest absolute Gasteiger partial charge is 0.385 e. The van der Waals surface area contributed by atoms with Crippen molar-refractivity contribution in [1.82, 2.24) is 14.8 Å². The number of aromatic nitrogens is 3. The molecule has 22 heavy (non-hydrogen) atoms. The first kappa shape index (κ1) is 14.1. The number of benzene rings is 2. The van der Waals surface area contributed by atoms with Gasteiger partial charge in [-0.2, -0.15) is 5.10 Å². The van der Waals surface area contributed by atoms with Crippen LogP contribution in [0.1, 0.15) is 11.4 Å². The number of rotatable bonds is 5. The highest BCUT2D eigenvalue weighted by Gasteiger charge is 2.10. The van der Waals surface area contributed by atoms with Crippen molar-refractivity contribution in [3.05, 3.63) is 76.5 Å². The Labute approximate surface area is 128 Å². The highest BCUT2D eigenvalue weighted by Crippen LogP contribution is 2.10. The Kier molecular flexibility index (Phi) is 4.05. The Balaban J connectivity index is 1.77. The Morgan fingerprint density at radius 2 is 1.95 bits per heavy atom. The van der Waals surface area contributed by atoms with Crippen LogP contribution in [0.4, 0.5) is 5.69 Å². The molecule has 2 aromatic carbocycles. The smallest absolute Gasteiger partial charge is 0.347 e. The molecule has 1 heterocycles. The summed E-state index contributed by atoms with van der Waals surface area (Å²) in [6, 6.07) is 17.8. The lowest BCUT2D eigenvalue weighted by molar-refractivity contribution is 0.842. The second-order valence-corrected chi connectivity index (χ2v) is 5.16. The topological polar surface area (TPSA) is 62.7 Å². The summed E-state index contributed by atoms with van der Waals surface area (Å²) in [5, 5.41) is 10.00. The van der Waals surface area contributed by atoms with Crippen LogP contribution in [0.2, 0.25) is 0 Å². The van der Waals surface area contributed by atoms with Gasteiger partial charge in [-0.05, 0) is 36.8 Å². The van der Waals surface area contributed by atoms with Crippen molar-refractivity contribution >= 4 is 5.69 Å². The average Bonchev–Trinajstić information content (AvgIpc) is 2.89. The van der Waals surface area contributed by atoms with Gasteiger partial charge in [-0.25, -0.2) is 14.5 Å². The first-order chi connectivity index (χ1) is 10.7. The van der Waals surface area contributed by atoms with Crippen LogP contribution in [0.15, 0.2) is 59.4 Å². The number of aryl methyl sites for hydroxylation is 1. The van der Waals surface area contributed by atoms with E-state index in [0.29, 0.717) is 13.0 Å². The third-order valence-electron chi connectivity index (χ3n) is 3.45. The molecule has 112 valence electrons. The summed E-state index contributed by atoms with van der Waals surface area (Å²) in [5.41, 5.74) is 2.80. The zero-order valence-corrected chi connectivity index (χ0v) is 12.4. The molecule has 0 unspecified atom stereocenters. The number of nitrogens with one attached hydrogen (secondary N) is 2. The lowest BCUT2D eigenvalue weighted by atomic mass is 10.2. The Morgan fingerprint density at radius 1 is 1.14 bits per heavy atom. The molecule has 0 amide bonds. The van der Waals surface area contributed by atoms with Crippen molar-refractivity contribution in [3.63, 3.8) is 0 Å². The Bertz CT molecular complexity index is 805. The van der Waals surface area contributed by atoms with Crippen LogP contribution < -0.4 is 11.0 Å². The maximum atomic E-state index is 12.0. The first-order valence-corrected chi connectivity index (χ1v) is 7.26. The van der Waals surface area contributed by atoms with Gasteiger partial charge in [0, 0.05) is 18.7 Å². The molecule has 3 aromatic rings. The predicted molar refractivity (Wildman–Crippen MR) is 87.6 cm³/mol. The number of aromatic amines is 1. The summed E-state index contributed by atoms with van der Waals surface area (Å²) >= 11 is 0. The van der Waals surface area contributed by atoms with E-state index in [1.165, 1.54) is 0 Å². The van der Waals surface area contributed by atoms with Gasteiger partial charge in [0.15, 0.2) is 0 Å². The van der Waals surface area contributed by atoms with E-state index < -0.39 is 0 Å². The first-order valence-electron chi connectivity index (χ1n) is 7.26. The number of hydrogen-bond acceptors (Lipinski definition) is 3. The summed E-state index contributed by atoms with van der Waals surface area (Å²) in [6.45, 7) is 2.71. The van der Waals surface area contributed by atoms with Crippen molar-refractivity contribution in [2.24, 2.45) is 0 Å². The van der Waals surface area contributed by atoms with Crippen LogP contribution in [0.25, 0.3) is 5.69 Å². The second kappa shape index (κ2) is 6.30. The van der Waals surface area contributed by atoms with Gasteiger partial charge < -0.3 is 5.32 Å². The monoisotopic (exact) mass is 294 g/mol. The lowest BCUT2D eigenvalue weighted by Crippen LogP contribution is -2.18. The molecule has 0 bridgehead atoms. The van der Waals surface area contributed by atoms with Crippen LogP contribution in [0.5, 0.6) is 0 Å². The number of hydrogen-bond donors (Lipinski definition) is 2. The highest BCUT2D eigenvalue weighted by atomic mass is 16.1. The Hall–Kier alpha value is -2.82. The molecule has 5 nitrogen and oxygen atoms in total. The Morgan fingerprint density at radius 3 is 2.73 bits per heavy atom. The third kappa shape index (κ3) is 3.09. The molecule has 0 saturated heterocycles. The van der Waals surface area contributed by atoms with E-state index in [-0.39, 0.29) is 5.69 Å². The van der Waals surface area contributed by atoms with Crippen molar-refractivity contribution in [3.8, 4) is 5.69 Å². The minimum absolute atomic E-state index is 0.208. The molecule has 0 aliphatic heterocycles. The minimum atomic E-state index is -0.208. The molecule has 0 radical (unpaired) electrons. The molecule has 0 fully saturated rings. The van der Waals surface area contributed by atoms with E-state index in [2.05, 4.69) is 15.5 Å². The summed E-state index contributed by atoms with van der Waals surface area (Å²) < 4.78 is 1.62. The predicted octanol–water partition coefficient (Wildman–Crippen LogP) is 2.52. The SMILES string of the molecule is Cc1cccc(-n2c(CCNc3ccccc3)n[nH]c2=O)c1. The number of anilines is 1. The summed E-state index contributed by atoms with van der Waals surface area (Å²) in [4.78, 5) is 12.0. The number of nitrogens with zero attached hydrogens (tertiary/aromatic N) is 2. The molecule has 2 N–H and O–H groups in total. The van der Waals surface area contributed by atoms with Gasteiger partial charge in [0.05, 0.1) is 5.69 Å². The average molecular weight is 294 g/mol. The molecule has 0 aliphatic rings. The summed E-state index contributed by atoms with van der Waals surface area (Å²) in [7, 11) is 0.